The van der Waals surface area contributed by atoms with E-state index in [-0.39, 0.29) is 24.2 Å². The lowest BCUT2D eigenvalue weighted by atomic mass is 10.2. The van der Waals surface area contributed by atoms with Crippen molar-refractivity contribution in [2.75, 3.05) is 13.2 Å². The number of nitrogens with two attached hydrogens (primary N) is 1. The number of halogens is 1. The SMILES string of the molecule is CC(C)NS(=O)(=O)c1ccc2cc(OC/C(=C/F)CN)ccc2n1. The molecule has 2 rings (SSSR count). The number of benzene rings is 1. The molecular weight excluding hydrogens is 333 g/mol. The summed E-state index contributed by atoms with van der Waals surface area (Å²) < 4.78 is 44.7. The van der Waals surface area contributed by atoms with E-state index in [1.54, 1.807) is 38.1 Å². The number of nitrogens with one attached hydrogen (secondary N) is 1. The normalized spacial score (nSPS) is 12.8. The van der Waals surface area contributed by atoms with Crippen LogP contribution < -0.4 is 15.2 Å². The highest BCUT2D eigenvalue weighted by Gasteiger charge is 2.17. The van der Waals surface area contributed by atoms with Crippen LogP contribution in [0.1, 0.15) is 13.8 Å². The molecule has 0 amide bonds. The van der Waals surface area contributed by atoms with E-state index in [1.807, 2.05) is 0 Å². The smallest absolute Gasteiger partial charge is 0.258 e. The van der Waals surface area contributed by atoms with E-state index in [9.17, 15) is 12.8 Å². The van der Waals surface area contributed by atoms with Crippen molar-refractivity contribution < 1.29 is 17.5 Å². The number of ether oxygens (including phenoxy) is 1. The molecule has 130 valence electrons. The summed E-state index contributed by atoms with van der Waals surface area (Å²) in [5.74, 6) is 0.521. The van der Waals surface area contributed by atoms with Gasteiger partial charge in [0.25, 0.3) is 10.0 Å². The van der Waals surface area contributed by atoms with E-state index < -0.39 is 10.0 Å². The molecule has 0 unspecified atom stereocenters. The number of hydrogen-bond donors (Lipinski definition) is 2. The van der Waals surface area contributed by atoms with Crippen LogP contribution >= 0.6 is 0 Å². The van der Waals surface area contributed by atoms with E-state index in [2.05, 4.69) is 9.71 Å². The molecule has 0 saturated carbocycles. The average molecular weight is 353 g/mol. The van der Waals surface area contributed by atoms with Gasteiger partial charge in [0, 0.05) is 23.5 Å². The zero-order valence-electron chi connectivity index (χ0n) is 13.5. The van der Waals surface area contributed by atoms with Crippen LogP contribution in [0.25, 0.3) is 10.9 Å². The summed E-state index contributed by atoms with van der Waals surface area (Å²) in [6.07, 6.45) is 0.432. The van der Waals surface area contributed by atoms with Crippen LogP contribution in [0.4, 0.5) is 4.39 Å². The molecule has 0 spiro atoms. The lowest BCUT2D eigenvalue weighted by Crippen LogP contribution is -2.30. The van der Waals surface area contributed by atoms with Crippen LogP contribution in [-0.4, -0.2) is 32.6 Å². The maximum absolute atomic E-state index is 12.5. The van der Waals surface area contributed by atoms with Gasteiger partial charge in [-0.2, -0.15) is 0 Å². The Hall–Kier alpha value is -2.03. The molecule has 0 bridgehead atoms. The molecule has 0 saturated heterocycles. The third-order valence-corrected chi connectivity index (χ3v) is 4.70. The van der Waals surface area contributed by atoms with E-state index >= 15 is 0 Å². The van der Waals surface area contributed by atoms with Crippen molar-refractivity contribution in [1.29, 1.82) is 0 Å². The quantitative estimate of drug-likeness (QED) is 0.795. The molecule has 1 heterocycles. The minimum atomic E-state index is -3.64. The van der Waals surface area contributed by atoms with Gasteiger partial charge in [-0.05, 0) is 44.2 Å². The number of rotatable bonds is 7. The first-order valence-corrected chi connectivity index (χ1v) is 8.88. The minimum Gasteiger partial charge on any atom is -0.489 e. The minimum absolute atomic E-state index is 0.0388. The third kappa shape index (κ3) is 4.50. The van der Waals surface area contributed by atoms with Gasteiger partial charge in [0.15, 0.2) is 5.03 Å². The van der Waals surface area contributed by atoms with Crippen LogP contribution in [-0.2, 0) is 10.0 Å². The number of aromatic nitrogens is 1. The zero-order valence-corrected chi connectivity index (χ0v) is 14.3. The number of pyridine rings is 1. The fourth-order valence-corrected chi connectivity index (χ4v) is 3.21. The Kier molecular flexibility index (Phi) is 5.87. The molecule has 0 aliphatic carbocycles. The van der Waals surface area contributed by atoms with Crippen molar-refractivity contribution in [2.45, 2.75) is 24.9 Å². The van der Waals surface area contributed by atoms with Crippen molar-refractivity contribution in [3.63, 3.8) is 0 Å². The maximum Gasteiger partial charge on any atom is 0.258 e. The van der Waals surface area contributed by atoms with Gasteiger partial charge in [0.05, 0.1) is 11.8 Å². The highest BCUT2D eigenvalue weighted by atomic mass is 32.2. The molecule has 3 N–H and O–H groups in total. The van der Waals surface area contributed by atoms with Crippen LogP contribution in [0.5, 0.6) is 5.75 Å². The second-order valence-electron chi connectivity index (χ2n) is 5.54. The monoisotopic (exact) mass is 353 g/mol. The molecule has 0 aliphatic heterocycles. The molecule has 0 atom stereocenters. The molecule has 0 radical (unpaired) electrons. The number of hydrogen-bond acceptors (Lipinski definition) is 5. The predicted molar refractivity (Wildman–Crippen MR) is 90.9 cm³/mol. The Labute approximate surface area is 140 Å². The van der Waals surface area contributed by atoms with Gasteiger partial charge in [-0.1, -0.05) is 0 Å². The standard InChI is InChI=1S/C16H20FN3O3S/c1-11(2)20-24(21,22)16-6-3-13-7-14(4-5-15(13)19-16)23-10-12(8-17)9-18/h3-8,11,20H,9-10,18H2,1-2H3/b12-8+. The topological polar surface area (TPSA) is 94.3 Å². The number of sulfonamides is 1. The van der Waals surface area contributed by atoms with Crippen LogP contribution in [0, 0.1) is 0 Å². The van der Waals surface area contributed by atoms with Crippen molar-refractivity contribution >= 4 is 20.9 Å². The second-order valence-corrected chi connectivity index (χ2v) is 7.20. The molecule has 8 heteroatoms. The van der Waals surface area contributed by atoms with Crippen LogP contribution in [0.2, 0.25) is 0 Å². The summed E-state index contributed by atoms with van der Waals surface area (Å²) >= 11 is 0. The summed E-state index contributed by atoms with van der Waals surface area (Å²) in [6.45, 7) is 3.61. The Morgan fingerprint density at radius 2 is 2.12 bits per heavy atom. The summed E-state index contributed by atoms with van der Waals surface area (Å²) in [5, 5.41) is 0.678. The molecule has 0 fully saturated rings. The highest BCUT2D eigenvalue weighted by molar-refractivity contribution is 7.89. The fraction of sp³-hybridized carbons (Fsp3) is 0.312. The van der Waals surface area contributed by atoms with Crippen molar-refractivity contribution in [2.24, 2.45) is 5.73 Å². The second kappa shape index (κ2) is 7.69. The molecular formula is C16H20FN3O3S. The molecule has 24 heavy (non-hydrogen) atoms. The zero-order chi connectivity index (χ0) is 17.7. The van der Waals surface area contributed by atoms with E-state index in [0.717, 1.165) is 5.39 Å². The lowest BCUT2D eigenvalue weighted by Gasteiger charge is -2.10. The molecule has 6 nitrogen and oxygen atoms in total. The first-order valence-electron chi connectivity index (χ1n) is 7.40. The number of fused-ring (bicyclic) bond motifs is 1. The molecule has 1 aromatic heterocycles. The fourth-order valence-electron chi connectivity index (χ4n) is 2.01. The Balaban J connectivity index is 2.25. The van der Waals surface area contributed by atoms with Gasteiger partial charge >= 0.3 is 0 Å². The summed E-state index contributed by atoms with van der Waals surface area (Å²) in [6, 6.07) is 7.88. The maximum atomic E-state index is 12.5. The van der Waals surface area contributed by atoms with Gasteiger partial charge in [0.1, 0.15) is 12.4 Å². The summed E-state index contributed by atoms with van der Waals surface area (Å²) in [7, 11) is -3.64. The first-order chi connectivity index (χ1) is 11.4. The molecule has 1 aromatic carbocycles. The van der Waals surface area contributed by atoms with Gasteiger partial charge in [-0.15, -0.1) is 0 Å². The first kappa shape index (κ1) is 18.3. The molecule has 2 aromatic rings. The van der Waals surface area contributed by atoms with Crippen LogP contribution in [0.3, 0.4) is 0 Å². The van der Waals surface area contributed by atoms with Crippen molar-refractivity contribution in [1.82, 2.24) is 9.71 Å². The van der Waals surface area contributed by atoms with Crippen molar-refractivity contribution in [3.8, 4) is 5.75 Å². The van der Waals surface area contributed by atoms with Gasteiger partial charge < -0.3 is 10.5 Å². The van der Waals surface area contributed by atoms with E-state index in [4.69, 9.17) is 10.5 Å². The van der Waals surface area contributed by atoms with Crippen molar-refractivity contribution in [3.05, 3.63) is 42.2 Å². The van der Waals surface area contributed by atoms with E-state index in [0.29, 0.717) is 23.2 Å². The van der Waals surface area contributed by atoms with Gasteiger partial charge in [-0.25, -0.2) is 22.5 Å². The average Bonchev–Trinajstić information content (AvgIpc) is 2.54. The highest BCUT2D eigenvalue weighted by Crippen LogP contribution is 2.21. The Morgan fingerprint density at radius 1 is 1.38 bits per heavy atom. The predicted octanol–water partition coefficient (Wildman–Crippen LogP) is 2.11. The summed E-state index contributed by atoms with van der Waals surface area (Å²) in [5.41, 5.74) is 6.23. The van der Waals surface area contributed by atoms with E-state index in [1.165, 1.54) is 6.07 Å². The van der Waals surface area contributed by atoms with Crippen LogP contribution in [0.15, 0.2) is 47.3 Å². The number of nitrogens with zero attached hydrogens (tertiary/aromatic N) is 1. The van der Waals surface area contributed by atoms with Gasteiger partial charge in [-0.3, -0.25) is 0 Å². The Bertz CT molecular complexity index is 851. The van der Waals surface area contributed by atoms with Gasteiger partial charge in [0.2, 0.25) is 0 Å². The largest absolute Gasteiger partial charge is 0.489 e. The summed E-state index contributed by atoms with van der Waals surface area (Å²) in [4.78, 5) is 4.17. The third-order valence-electron chi connectivity index (χ3n) is 3.14. The lowest BCUT2D eigenvalue weighted by molar-refractivity contribution is 0.348. The molecule has 0 aliphatic rings. The Morgan fingerprint density at radius 3 is 2.75 bits per heavy atom.